The van der Waals surface area contributed by atoms with E-state index in [-0.39, 0.29) is 18.8 Å². The molecule has 0 aliphatic heterocycles. The third-order valence-corrected chi connectivity index (χ3v) is 4.27. The Bertz CT molecular complexity index is 447. The summed E-state index contributed by atoms with van der Waals surface area (Å²) in [5, 5.41) is 0. The van der Waals surface area contributed by atoms with E-state index in [2.05, 4.69) is 0 Å². The van der Waals surface area contributed by atoms with Crippen LogP contribution in [0.4, 0.5) is 0 Å². The van der Waals surface area contributed by atoms with Gasteiger partial charge in [-0.15, -0.1) is 0 Å². The van der Waals surface area contributed by atoms with Crippen molar-refractivity contribution in [3.05, 3.63) is 0 Å². The van der Waals surface area contributed by atoms with E-state index in [9.17, 15) is 14.4 Å². The Morgan fingerprint density at radius 1 is 1.04 bits per heavy atom. The van der Waals surface area contributed by atoms with Gasteiger partial charge in [0, 0.05) is 6.92 Å². The van der Waals surface area contributed by atoms with E-state index in [1.807, 2.05) is 13.8 Å². The smallest absolute Gasteiger partial charge is 0.311 e. The summed E-state index contributed by atoms with van der Waals surface area (Å²) >= 11 is 0. The first-order valence-corrected chi connectivity index (χ1v) is 8.47. The first kappa shape index (κ1) is 22.4. The van der Waals surface area contributed by atoms with Gasteiger partial charge in [0.2, 0.25) is 0 Å². The molecule has 0 heterocycles. The SMILES string of the molecule is CCCOC(=O)C(C)(CC)CC(C)(CC(C)OC(C)=O)C(=O)OC. The maximum Gasteiger partial charge on any atom is 0.311 e. The molecule has 24 heavy (non-hydrogen) atoms. The second-order valence-corrected chi connectivity index (χ2v) is 6.90. The van der Waals surface area contributed by atoms with Gasteiger partial charge >= 0.3 is 17.9 Å². The molecule has 0 saturated carbocycles. The second kappa shape index (κ2) is 9.64. The lowest BCUT2D eigenvalue weighted by Crippen LogP contribution is -2.42. The Morgan fingerprint density at radius 3 is 2.04 bits per heavy atom. The van der Waals surface area contributed by atoms with Crippen molar-refractivity contribution in [2.75, 3.05) is 13.7 Å². The van der Waals surface area contributed by atoms with Crippen molar-refractivity contribution in [1.82, 2.24) is 0 Å². The van der Waals surface area contributed by atoms with Crippen LogP contribution in [0.2, 0.25) is 0 Å². The number of carbonyl (C=O) groups excluding carboxylic acids is 3. The first-order valence-electron chi connectivity index (χ1n) is 8.47. The van der Waals surface area contributed by atoms with E-state index in [0.29, 0.717) is 13.0 Å². The molecule has 0 fully saturated rings. The third-order valence-electron chi connectivity index (χ3n) is 4.27. The monoisotopic (exact) mass is 344 g/mol. The molecule has 0 N–H and O–H groups in total. The van der Waals surface area contributed by atoms with E-state index in [1.54, 1.807) is 20.8 Å². The summed E-state index contributed by atoms with van der Waals surface area (Å²) in [6.07, 6.45) is 1.35. The summed E-state index contributed by atoms with van der Waals surface area (Å²) in [6.45, 7) is 10.7. The van der Waals surface area contributed by atoms with Gasteiger partial charge in [-0.05, 0) is 46.5 Å². The minimum absolute atomic E-state index is 0.261. The number of esters is 3. The van der Waals surface area contributed by atoms with Gasteiger partial charge in [-0.2, -0.15) is 0 Å². The van der Waals surface area contributed by atoms with Crippen molar-refractivity contribution < 1.29 is 28.6 Å². The quantitative estimate of drug-likeness (QED) is 0.447. The topological polar surface area (TPSA) is 78.9 Å². The molecule has 0 spiro atoms. The van der Waals surface area contributed by atoms with Crippen LogP contribution in [0.15, 0.2) is 0 Å². The maximum absolute atomic E-state index is 12.4. The summed E-state index contributed by atoms with van der Waals surface area (Å²) < 4.78 is 15.4. The van der Waals surface area contributed by atoms with E-state index in [0.717, 1.165) is 6.42 Å². The Balaban J connectivity index is 5.38. The van der Waals surface area contributed by atoms with E-state index < -0.39 is 28.9 Å². The first-order chi connectivity index (χ1) is 11.0. The van der Waals surface area contributed by atoms with E-state index >= 15 is 0 Å². The zero-order valence-corrected chi connectivity index (χ0v) is 16.1. The van der Waals surface area contributed by atoms with Crippen molar-refractivity contribution in [1.29, 1.82) is 0 Å². The highest BCUT2D eigenvalue weighted by molar-refractivity contribution is 5.80. The lowest BCUT2D eigenvalue weighted by Gasteiger charge is -2.36. The molecule has 0 amide bonds. The molecule has 0 rings (SSSR count). The van der Waals surface area contributed by atoms with Crippen molar-refractivity contribution in [3.63, 3.8) is 0 Å². The number of hydrogen-bond donors (Lipinski definition) is 0. The Kier molecular flexibility index (Phi) is 9.01. The fraction of sp³-hybridized carbons (Fsp3) is 0.833. The molecular weight excluding hydrogens is 312 g/mol. The number of methoxy groups -OCH3 is 1. The molecule has 6 nitrogen and oxygen atoms in total. The minimum Gasteiger partial charge on any atom is -0.469 e. The van der Waals surface area contributed by atoms with Gasteiger partial charge in [0.05, 0.1) is 24.5 Å². The summed E-state index contributed by atoms with van der Waals surface area (Å²) in [5.74, 6) is -1.15. The number of ether oxygens (including phenoxy) is 3. The lowest BCUT2D eigenvalue weighted by molar-refractivity contribution is -0.166. The summed E-state index contributed by atoms with van der Waals surface area (Å²) in [7, 11) is 1.32. The molecule has 0 aromatic rings. The standard InChI is InChI=1S/C18H32O6/c1-8-10-23-16(21)17(5,9-2)12-18(6,15(20)22-7)11-13(3)24-14(4)19/h13H,8-12H2,1-7H3. The van der Waals surface area contributed by atoms with E-state index in [4.69, 9.17) is 14.2 Å². The molecule has 140 valence electrons. The fourth-order valence-electron chi connectivity index (χ4n) is 3.01. The summed E-state index contributed by atoms with van der Waals surface area (Å²) in [5.41, 5.74) is -1.77. The van der Waals surface area contributed by atoms with Crippen LogP contribution >= 0.6 is 0 Å². The number of rotatable bonds is 10. The highest BCUT2D eigenvalue weighted by Crippen LogP contribution is 2.42. The number of carbonyl (C=O) groups is 3. The molecule has 0 saturated heterocycles. The zero-order chi connectivity index (χ0) is 19.0. The predicted octanol–water partition coefficient (Wildman–Crippen LogP) is 3.27. The Labute approximate surface area is 145 Å². The van der Waals surface area contributed by atoms with Gasteiger partial charge in [-0.25, -0.2) is 0 Å². The van der Waals surface area contributed by atoms with Crippen molar-refractivity contribution in [2.24, 2.45) is 10.8 Å². The zero-order valence-electron chi connectivity index (χ0n) is 16.1. The molecule has 0 bridgehead atoms. The fourth-order valence-corrected chi connectivity index (χ4v) is 3.01. The van der Waals surface area contributed by atoms with Crippen molar-refractivity contribution >= 4 is 17.9 Å². The third kappa shape index (κ3) is 6.49. The second-order valence-electron chi connectivity index (χ2n) is 6.90. The van der Waals surface area contributed by atoms with Crippen LogP contribution in [0.25, 0.3) is 0 Å². The Hall–Kier alpha value is -1.59. The van der Waals surface area contributed by atoms with Gasteiger partial charge in [0.15, 0.2) is 0 Å². The van der Waals surface area contributed by atoms with Crippen LogP contribution in [0.1, 0.15) is 67.2 Å². The van der Waals surface area contributed by atoms with Crippen molar-refractivity contribution in [2.45, 2.75) is 73.3 Å². The summed E-state index contributed by atoms with van der Waals surface area (Å²) in [6, 6.07) is 0. The average molecular weight is 344 g/mol. The molecule has 0 aliphatic carbocycles. The minimum atomic E-state index is -0.959. The maximum atomic E-state index is 12.4. The van der Waals surface area contributed by atoms with Crippen LogP contribution in [0.5, 0.6) is 0 Å². The molecule has 0 aromatic carbocycles. The van der Waals surface area contributed by atoms with Crippen molar-refractivity contribution in [3.8, 4) is 0 Å². The molecule has 0 aromatic heterocycles. The van der Waals surface area contributed by atoms with E-state index in [1.165, 1.54) is 14.0 Å². The van der Waals surface area contributed by atoms with Crippen LogP contribution in [-0.2, 0) is 28.6 Å². The molecule has 3 atom stereocenters. The van der Waals surface area contributed by atoms with Crippen LogP contribution in [-0.4, -0.2) is 37.7 Å². The van der Waals surface area contributed by atoms with Crippen LogP contribution in [0.3, 0.4) is 0 Å². The van der Waals surface area contributed by atoms with Gasteiger partial charge in [0.25, 0.3) is 0 Å². The van der Waals surface area contributed by atoms with Gasteiger partial charge in [0.1, 0.15) is 6.10 Å². The molecule has 3 unspecified atom stereocenters. The van der Waals surface area contributed by atoms with Gasteiger partial charge in [-0.3, -0.25) is 14.4 Å². The largest absolute Gasteiger partial charge is 0.469 e. The van der Waals surface area contributed by atoms with Crippen LogP contribution < -0.4 is 0 Å². The molecule has 0 aliphatic rings. The van der Waals surface area contributed by atoms with Crippen LogP contribution in [0, 0.1) is 10.8 Å². The average Bonchev–Trinajstić information content (AvgIpc) is 2.50. The Morgan fingerprint density at radius 2 is 1.62 bits per heavy atom. The number of hydrogen-bond acceptors (Lipinski definition) is 6. The van der Waals surface area contributed by atoms with Gasteiger partial charge < -0.3 is 14.2 Å². The van der Waals surface area contributed by atoms with Gasteiger partial charge in [-0.1, -0.05) is 13.8 Å². The highest BCUT2D eigenvalue weighted by Gasteiger charge is 2.46. The molecule has 0 radical (unpaired) electrons. The summed E-state index contributed by atoms with van der Waals surface area (Å²) in [4.78, 5) is 36.0. The normalized spacial score (nSPS) is 17.1. The predicted molar refractivity (Wildman–Crippen MR) is 90.2 cm³/mol. The highest BCUT2D eigenvalue weighted by atomic mass is 16.5. The lowest BCUT2D eigenvalue weighted by atomic mass is 9.69. The molecular formula is C18H32O6. The molecule has 6 heteroatoms.